The number of ether oxygens (including phenoxy) is 1. The predicted octanol–water partition coefficient (Wildman–Crippen LogP) is 4.33. The number of hydrogen-bond acceptors (Lipinski definition) is 6. The Balaban J connectivity index is 2.24. The third kappa shape index (κ3) is 3.46. The van der Waals surface area contributed by atoms with Crippen LogP contribution in [-0.2, 0) is 6.18 Å². The summed E-state index contributed by atoms with van der Waals surface area (Å²) in [4.78, 5) is 19.2. The van der Waals surface area contributed by atoms with Crippen molar-refractivity contribution in [3.8, 4) is 5.75 Å². The van der Waals surface area contributed by atoms with Gasteiger partial charge in [0, 0.05) is 12.4 Å². The van der Waals surface area contributed by atoms with Gasteiger partial charge < -0.3 is 9.64 Å². The molecule has 0 radical (unpaired) electrons. The molecule has 0 atom stereocenters. The number of hydrogen-bond donors (Lipinski definition) is 0. The molecule has 0 fully saturated rings. The minimum Gasteiger partial charge on any atom is -0.496 e. The van der Waals surface area contributed by atoms with Gasteiger partial charge in [0.2, 0.25) is 5.82 Å². The summed E-state index contributed by atoms with van der Waals surface area (Å²) in [6.07, 6.45) is -4.76. The Kier molecular flexibility index (Phi) is 4.56. The molecule has 3 rings (SSSR count). The maximum absolute atomic E-state index is 13.2. The number of halogens is 3. The second kappa shape index (κ2) is 6.71. The number of benzene rings is 2. The van der Waals surface area contributed by atoms with Gasteiger partial charge in [0.05, 0.1) is 23.6 Å². The molecule has 1 aromatic heterocycles. The summed E-state index contributed by atoms with van der Waals surface area (Å²) in [7, 11) is 2.76. The summed E-state index contributed by atoms with van der Waals surface area (Å²) < 4.78 is 44.6. The third-order valence-corrected chi connectivity index (χ3v) is 3.89. The zero-order chi connectivity index (χ0) is 19.8. The summed E-state index contributed by atoms with van der Waals surface area (Å²) in [5.74, 6) is -1.16. The lowest BCUT2D eigenvalue weighted by Gasteiger charge is -2.21. The Labute approximate surface area is 151 Å². The minimum absolute atomic E-state index is 0.0674. The van der Waals surface area contributed by atoms with Crippen LogP contribution >= 0.6 is 0 Å². The zero-order valence-electron chi connectivity index (χ0n) is 14.2. The van der Waals surface area contributed by atoms with Crippen molar-refractivity contribution in [2.45, 2.75) is 6.18 Å². The number of nitro groups is 1. The number of aromatic nitrogens is 2. The second-order valence-electron chi connectivity index (χ2n) is 5.56. The van der Waals surface area contributed by atoms with Crippen molar-refractivity contribution in [3.05, 3.63) is 58.4 Å². The molecule has 0 saturated carbocycles. The monoisotopic (exact) mass is 378 g/mol. The highest BCUT2D eigenvalue weighted by Crippen LogP contribution is 2.38. The summed E-state index contributed by atoms with van der Waals surface area (Å²) in [5.41, 5.74) is -0.177. The van der Waals surface area contributed by atoms with Crippen molar-refractivity contribution in [3.63, 3.8) is 0 Å². The van der Waals surface area contributed by atoms with Crippen LogP contribution in [0.3, 0.4) is 0 Å². The fourth-order valence-corrected chi connectivity index (χ4v) is 2.62. The van der Waals surface area contributed by atoms with E-state index in [2.05, 4.69) is 9.97 Å². The molecule has 0 spiro atoms. The normalized spacial score (nSPS) is 11.4. The van der Waals surface area contributed by atoms with E-state index in [1.54, 1.807) is 18.2 Å². The smallest absolute Gasteiger partial charge is 0.451 e. The van der Waals surface area contributed by atoms with Crippen molar-refractivity contribution >= 4 is 28.1 Å². The molecule has 3 aromatic rings. The van der Waals surface area contributed by atoms with Crippen LogP contribution in [-0.4, -0.2) is 29.0 Å². The van der Waals surface area contributed by atoms with Crippen molar-refractivity contribution in [1.82, 2.24) is 9.97 Å². The Hall–Kier alpha value is -3.43. The van der Waals surface area contributed by atoms with Gasteiger partial charge in [-0.25, -0.2) is 9.97 Å². The first-order valence-corrected chi connectivity index (χ1v) is 7.62. The van der Waals surface area contributed by atoms with Crippen molar-refractivity contribution in [1.29, 1.82) is 0 Å². The Morgan fingerprint density at radius 1 is 1.15 bits per heavy atom. The first-order chi connectivity index (χ1) is 12.7. The van der Waals surface area contributed by atoms with Gasteiger partial charge in [0.15, 0.2) is 0 Å². The largest absolute Gasteiger partial charge is 0.496 e. The topological polar surface area (TPSA) is 81.4 Å². The van der Waals surface area contributed by atoms with Crippen LogP contribution < -0.4 is 9.64 Å². The summed E-state index contributed by atoms with van der Waals surface area (Å²) >= 11 is 0. The lowest BCUT2D eigenvalue weighted by Crippen LogP contribution is -2.18. The van der Waals surface area contributed by atoms with Crippen molar-refractivity contribution < 1.29 is 22.8 Å². The molecular formula is C17H13F3N4O3. The summed E-state index contributed by atoms with van der Waals surface area (Å²) in [6.45, 7) is 0. The van der Waals surface area contributed by atoms with Crippen LogP contribution in [0.4, 0.5) is 30.4 Å². The van der Waals surface area contributed by atoms with E-state index in [0.29, 0.717) is 5.39 Å². The number of nitro benzene ring substituents is 1. The molecule has 7 nitrogen and oxygen atoms in total. The molecule has 27 heavy (non-hydrogen) atoms. The van der Waals surface area contributed by atoms with E-state index in [0.717, 1.165) is 0 Å². The molecule has 0 amide bonds. The molecular weight excluding hydrogens is 365 g/mol. The predicted molar refractivity (Wildman–Crippen MR) is 92.3 cm³/mol. The molecule has 0 aliphatic carbocycles. The van der Waals surface area contributed by atoms with Gasteiger partial charge >= 0.3 is 6.18 Å². The quantitative estimate of drug-likeness (QED) is 0.496. The van der Waals surface area contributed by atoms with Crippen LogP contribution in [0, 0.1) is 10.1 Å². The van der Waals surface area contributed by atoms with Gasteiger partial charge in [0.1, 0.15) is 17.3 Å². The number of para-hydroxylation sites is 1. The Morgan fingerprint density at radius 2 is 1.85 bits per heavy atom. The van der Waals surface area contributed by atoms with Gasteiger partial charge in [-0.2, -0.15) is 13.2 Å². The molecule has 0 aliphatic rings. The van der Waals surface area contributed by atoms with Gasteiger partial charge in [-0.3, -0.25) is 10.1 Å². The minimum atomic E-state index is -4.76. The molecule has 0 unspecified atom stereocenters. The summed E-state index contributed by atoms with van der Waals surface area (Å²) in [6, 6.07) is 10.2. The molecule has 0 saturated heterocycles. The second-order valence-corrected chi connectivity index (χ2v) is 5.56. The van der Waals surface area contributed by atoms with E-state index in [1.807, 2.05) is 0 Å². The number of rotatable bonds is 4. The molecule has 1 heterocycles. The first-order valence-electron chi connectivity index (χ1n) is 7.62. The van der Waals surface area contributed by atoms with Crippen LogP contribution in [0.25, 0.3) is 10.9 Å². The highest BCUT2D eigenvalue weighted by Gasteiger charge is 2.36. The average molecular weight is 378 g/mol. The van der Waals surface area contributed by atoms with Crippen molar-refractivity contribution in [2.24, 2.45) is 0 Å². The standard InChI is InChI=1S/C17H13F3N4O3/c1-23(13-8-7-10(27-2)9-14(13)24(25)26)15-11-5-3-4-6-12(11)21-16(22-15)17(18,19)20/h3-9H,1-2H3. The van der Waals surface area contributed by atoms with E-state index in [-0.39, 0.29) is 28.5 Å². The van der Waals surface area contributed by atoms with Crippen LogP contribution in [0.1, 0.15) is 5.82 Å². The number of fused-ring (bicyclic) bond motifs is 1. The highest BCUT2D eigenvalue weighted by molar-refractivity contribution is 5.92. The van der Waals surface area contributed by atoms with E-state index in [9.17, 15) is 23.3 Å². The highest BCUT2D eigenvalue weighted by atomic mass is 19.4. The number of anilines is 2. The lowest BCUT2D eigenvalue weighted by molar-refractivity contribution is -0.384. The number of nitrogens with zero attached hydrogens (tertiary/aromatic N) is 4. The SMILES string of the molecule is COc1ccc(N(C)c2nc(C(F)(F)F)nc3ccccc23)c([N+](=O)[O-])c1. The van der Waals surface area contributed by atoms with Gasteiger partial charge in [-0.1, -0.05) is 12.1 Å². The molecule has 0 aliphatic heterocycles. The van der Waals surface area contributed by atoms with E-state index >= 15 is 0 Å². The average Bonchev–Trinajstić information content (AvgIpc) is 2.65. The third-order valence-electron chi connectivity index (χ3n) is 3.89. The molecule has 0 N–H and O–H groups in total. The van der Waals surface area contributed by atoms with Gasteiger partial charge in [-0.15, -0.1) is 0 Å². The van der Waals surface area contributed by atoms with Gasteiger partial charge in [0.25, 0.3) is 5.69 Å². The maximum atomic E-state index is 13.2. The van der Waals surface area contributed by atoms with E-state index in [4.69, 9.17) is 4.74 Å². The Morgan fingerprint density at radius 3 is 2.48 bits per heavy atom. The number of methoxy groups -OCH3 is 1. The molecule has 0 bridgehead atoms. The van der Waals surface area contributed by atoms with Crippen molar-refractivity contribution in [2.75, 3.05) is 19.1 Å². The number of alkyl halides is 3. The molecule has 10 heteroatoms. The Bertz CT molecular complexity index is 1020. The zero-order valence-corrected chi connectivity index (χ0v) is 14.2. The van der Waals surface area contributed by atoms with Crippen LogP contribution in [0.2, 0.25) is 0 Å². The maximum Gasteiger partial charge on any atom is 0.451 e. The molecule has 140 valence electrons. The summed E-state index contributed by atoms with van der Waals surface area (Å²) in [5, 5.41) is 11.8. The van der Waals surface area contributed by atoms with Gasteiger partial charge in [-0.05, 0) is 24.3 Å². The molecule has 2 aromatic carbocycles. The first kappa shape index (κ1) is 18.4. The van der Waals surface area contributed by atoms with Crippen LogP contribution in [0.5, 0.6) is 5.75 Å². The van der Waals surface area contributed by atoms with E-state index < -0.39 is 16.9 Å². The lowest BCUT2D eigenvalue weighted by atomic mass is 10.2. The van der Waals surface area contributed by atoms with Crippen LogP contribution in [0.15, 0.2) is 42.5 Å². The fraction of sp³-hybridized carbons (Fsp3) is 0.176. The fourth-order valence-electron chi connectivity index (χ4n) is 2.62. The van der Waals surface area contributed by atoms with E-state index in [1.165, 1.54) is 43.3 Å².